The molecule has 0 spiro atoms. The number of hydrogen-bond acceptors (Lipinski definition) is 5. The molecule has 0 fully saturated rings. The number of ether oxygens (including phenoxy) is 3. The van der Waals surface area contributed by atoms with E-state index in [-0.39, 0.29) is 0 Å². The van der Waals surface area contributed by atoms with E-state index >= 15 is 0 Å². The van der Waals surface area contributed by atoms with Crippen molar-refractivity contribution < 1.29 is 19.0 Å². The zero-order chi connectivity index (χ0) is 23.8. The van der Waals surface area contributed by atoms with E-state index < -0.39 is 5.91 Å². The zero-order valence-corrected chi connectivity index (χ0v) is 21.8. The van der Waals surface area contributed by atoms with E-state index in [4.69, 9.17) is 25.8 Å². The van der Waals surface area contributed by atoms with Crippen LogP contribution in [0.3, 0.4) is 0 Å². The fourth-order valence-electron chi connectivity index (χ4n) is 2.88. The van der Waals surface area contributed by atoms with Gasteiger partial charge in [0.2, 0.25) is 0 Å². The van der Waals surface area contributed by atoms with E-state index in [1.54, 1.807) is 24.3 Å². The van der Waals surface area contributed by atoms with Crippen LogP contribution in [0.25, 0.3) is 0 Å². The quantitative estimate of drug-likeness (QED) is 0.223. The highest BCUT2D eigenvalue weighted by atomic mass is 79.9. The number of hydrazone groups is 1. The van der Waals surface area contributed by atoms with Crippen LogP contribution in [0.4, 0.5) is 0 Å². The Hall–Kier alpha value is -2.55. The van der Waals surface area contributed by atoms with Gasteiger partial charge < -0.3 is 14.2 Å². The van der Waals surface area contributed by atoms with Crippen molar-refractivity contribution >= 4 is 55.6 Å². The van der Waals surface area contributed by atoms with E-state index in [9.17, 15) is 4.79 Å². The number of halogens is 3. The molecular formula is C24H21Br2ClN2O4. The summed E-state index contributed by atoms with van der Waals surface area (Å²) >= 11 is 12.8. The van der Waals surface area contributed by atoms with Gasteiger partial charge in [-0.1, -0.05) is 39.7 Å². The van der Waals surface area contributed by atoms with Crippen molar-refractivity contribution in [1.29, 1.82) is 0 Å². The van der Waals surface area contributed by atoms with Crippen LogP contribution in [0.5, 0.6) is 17.2 Å². The maximum atomic E-state index is 12.5. The molecule has 0 aliphatic heterocycles. The summed E-state index contributed by atoms with van der Waals surface area (Å²) in [6.07, 6.45) is 1.53. The molecule has 0 bridgehead atoms. The maximum absolute atomic E-state index is 12.5. The molecular weight excluding hydrogens is 576 g/mol. The highest BCUT2D eigenvalue weighted by molar-refractivity contribution is 9.10. The first-order chi connectivity index (χ1) is 15.9. The molecule has 0 aliphatic rings. The minimum absolute atomic E-state index is 0.355. The second kappa shape index (κ2) is 12.1. The van der Waals surface area contributed by atoms with Gasteiger partial charge in [-0.2, -0.15) is 5.10 Å². The zero-order valence-electron chi connectivity index (χ0n) is 17.9. The monoisotopic (exact) mass is 594 g/mol. The Morgan fingerprint density at radius 3 is 2.52 bits per heavy atom. The molecule has 33 heavy (non-hydrogen) atoms. The number of methoxy groups -OCH3 is 1. The van der Waals surface area contributed by atoms with Crippen molar-refractivity contribution in [2.24, 2.45) is 5.10 Å². The van der Waals surface area contributed by atoms with Crippen LogP contribution < -0.4 is 19.6 Å². The Morgan fingerprint density at radius 1 is 1.06 bits per heavy atom. The molecule has 3 rings (SSSR count). The summed E-state index contributed by atoms with van der Waals surface area (Å²) in [4.78, 5) is 12.5. The van der Waals surface area contributed by atoms with Crippen molar-refractivity contribution in [1.82, 2.24) is 5.43 Å². The summed E-state index contributed by atoms with van der Waals surface area (Å²) in [6, 6.07) is 16.2. The van der Waals surface area contributed by atoms with Crippen LogP contribution in [0.15, 0.2) is 68.6 Å². The fourth-order valence-corrected chi connectivity index (χ4v) is 3.95. The van der Waals surface area contributed by atoms with Gasteiger partial charge in [0.15, 0.2) is 11.5 Å². The molecule has 9 heteroatoms. The van der Waals surface area contributed by atoms with Crippen molar-refractivity contribution in [3.63, 3.8) is 0 Å². The SMILES string of the molecule is CCOc1cc(/C=N\NC(=O)c2cc(Br)ccc2OC)cc(Br)c1OCc1ccc(Cl)cc1. The molecule has 0 heterocycles. The Morgan fingerprint density at radius 2 is 1.82 bits per heavy atom. The first-order valence-corrected chi connectivity index (χ1v) is 11.9. The molecule has 0 unspecified atom stereocenters. The van der Waals surface area contributed by atoms with E-state index in [1.165, 1.54) is 13.3 Å². The molecule has 0 aromatic heterocycles. The van der Waals surface area contributed by atoms with Crippen LogP contribution in [0.1, 0.15) is 28.4 Å². The summed E-state index contributed by atoms with van der Waals surface area (Å²) in [6.45, 7) is 2.71. The van der Waals surface area contributed by atoms with Gasteiger partial charge in [-0.3, -0.25) is 4.79 Å². The van der Waals surface area contributed by atoms with E-state index in [0.717, 1.165) is 10.0 Å². The summed E-state index contributed by atoms with van der Waals surface area (Å²) in [5.74, 6) is 1.19. The number of nitrogens with one attached hydrogen (secondary N) is 1. The van der Waals surface area contributed by atoms with Crippen molar-refractivity contribution in [3.05, 3.63) is 85.3 Å². The summed E-state index contributed by atoms with van der Waals surface area (Å²) in [7, 11) is 1.51. The standard InChI is InChI=1S/C24H21Br2ClN2O4/c1-3-32-22-11-16(10-20(26)23(22)33-14-15-4-7-18(27)8-5-15)13-28-29-24(30)19-12-17(25)6-9-21(19)31-2/h4-13H,3,14H2,1-2H3,(H,29,30)/b28-13-. The summed E-state index contributed by atoms with van der Waals surface area (Å²) < 4.78 is 18.5. The highest BCUT2D eigenvalue weighted by Gasteiger charge is 2.14. The van der Waals surface area contributed by atoms with E-state index in [0.29, 0.717) is 51.1 Å². The Balaban J connectivity index is 1.74. The van der Waals surface area contributed by atoms with E-state index in [2.05, 4.69) is 42.4 Å². The second-order valence-electron chi connectivity index (χ2n) is 6.72. The normalized spacial score (nSPS) is 10.8. The number of carbonyl (C=O) groups is 1. The van der Waals surface area contributed by atoms with Crippen LogP contribution in [0, 0.1) is 0 Å². The van der Waals surface area contributed by atoms with Gasteiger partial charge in [0, 0.05) is 9.50 Å². The number of hydrogen-bond donors (Lipinski definition) is 1. The first-order valence-electron chi connectivity index (χ1n) is 9.91. The number of nitrogens with zero attached hydrogens (tertiary/aromatic N) is 1. The molecule has 1 amide bonds. The number of carbonyl (C=O) groups excluding carboxylic acids is 1. The molecule has 3 aromatic carbocycles. The molecule has 0 aliphatic carbocycles. The van der Waals surface area contributed by atoms with Crippen molar-refractivity contribution in [2.45, 2.75) is 13.5 Å². The Bertz CT molecular complexity index is 1150. The predicted molar refractivity (Wildman–Crippen MR) is 137 cm³/mol. The minimum atomic E-state index is -0.392. The van der Waals surface area contributed by atoms with Crippen LogP contribution >= 0.6 is 43.5 Å². The van der Waals surface area contributed by atoms with Gasteiger partial charge in [0.25, 0.3) is 5.91 Å². The van der Waals surface area contributed by atoms with Gasteiger partial charge in [0.05, 0.1) is 30.0 Å². The predicted octanol–water partition coefficient (Wildman–Crippen LogP) is 6.62. The molecule has 3 aromatic rings. The third-order valence-electron chi connectivity index (χ3n) is 4.41. The summed E-state index contributed by atoms with van der Waals surface area (Å²) in [5.41, 5.74) is 4.57. The maximum Gasteiger partial charge on any atom is 0.275 e. The molecule has 172 valence electrons. The molecule has 0 radical (unpaired) electrons. The van der Waals surface area contributed by atoms with E-state index in [1.807, 2.05) is 37.3 Å². The number of rotatable bonds is 9. The van der Waals surface area contributed by atoms with Gasteiger partial charge >= 0.3 is 0 Å². The molecule has 6 nitrogen and oxygen atoms in total. The third kappa shape index (κ3) is 6.96. The second-order valence-corrected chi connectivity index (χ2v) is 8.93. The average molecular weight is 597 g/mol. The molecule has 0 atom stereocenters. The smallest absolute Gasteiger partial charge is 0.275 e. The average Bonchev–Trinajstić information content (AvgIpc) is 2.80. The van der Waals surface area contributed by atoms with Crippen molar-refractivity contribution in [2.75, 3.05) is 13.7 Å². The van der Waals surface area contributed by atoms with Gasteiger partial charge in [0.1, 0.15) is 12.4 Å². The third-order valence-corrected chi connectivity index (χ3v) is 5.75. The lowest BCUT2D eigenvalue weighted by molar-refractivity contribution is 0.0952. The molecule has 0 saturated heterocycles. The highest BCUT2D eigenvalue weighted by Crippen LogP contribution is 2.37. The minimum Gasteiger partial charge on any atom is -0.496 e. The fraction of sp³-hybridized carbons (Fsp3) is 0.167. The lowest BCUT2D eigenvalue weighted by Crippen LogP contribution is -2.18. The van der Waals surface area contributed by atoms with Crippen LogP contribution in [0.2, 0.25) is 5.02 Å². The van der Waals surface area contributed by atoms with Gasteiger partial charge in [-0.25, -0.2) is 5.43 Å². The Kier molecular flexibility index (Phi) is 9.17. The molecule has 1 N–H and O–H groups in total. The number of benzene rings is 3. The van der Waals surface area contributed by atoms with Crippen molar-refractivity contribution in [3.8, 4) is 17.2 Å². The lowest BCUT2D eigenvalue weighted by Gasteiger charge is -2.15. The molecule has 0 saturated carbocycles. The summed E-state index contributed by atoms with van der Waals surface area (Å²) in [5, 5.41) is 4.74. The topological polar surface area (TPSA) is 69.2 Å². The lowest BCUT2D eigenvalue weighted by atomic mass is 10.2. The van der Waals surface area contributed by atoms with Gasteiger partial charge in [-0.05, 0) is 76.4 Å². The largest absolute Gasteiger partial charge is 0.496 e. The van der Waals surface area contributed by atoms with Crippen LogP contribution in [-0.4, -0.2) is 25.8 Å². The first kappa shape index (κ1) is 25.1. The number of amides is 1. The van der Waals surface area contributed by atoms with Gasteiger partial charge in [-0.15, -0.1) is 0 Å². The van der Waals surface area contributed by atoms with Crippen LogP contribution in [-0.2, 0) is 6.61 Å². The Labute approximate surface area is 214 Å².